The van der Waals surface area contributed by atoms with Gasteiger partial charge in [-0.3, -0.25) is 4.79 Å². The summed E-state index contributed by atoms with van der Waals surface area (Å²) >= 11 is 0. The van der Waals surface area contributed by atoms with E-state index in [2.05, 4.69) is 10.6 Å². The highest BCUT2D eigenvalue weighted by Gasteiger charge is 2.09. The van der Waals surface area contributed by atoms with Crippen molar-refractivity contribution in [3.63, 3.8) is 0 Å². The lowest BCUT2D eigenvalue weighted by Crippen LogP contribution is -2.22. The van der Waals surface area contributed by atoms with Gasteiger partial charge < -0.3 is 10.6 Å². The van der Waals surface area contributed by atoms with Crippen LogP contribution in [-0.4, -0.2) is 20.9 Å². The second-order valence-electron chi connectivity index (χ2n) is 4.60. The molecule has 0 saturated carbocycles. The number of nitrogens with two attached hydrogens (primary N) is 1. The number of primary sulfonamides is 1. The van der Waals surface area contributed by atoms with Crippen molar-refractivity contribution >= 4 is 27.3 Å². The van der Waals surface area contributed by atoms with E-state index in [1.54, 1.807) is 0 Å². The minimum atomic E-state index is -3.80. The zero-order valence-electron chi connectivity index (χ0n) is 11.7. The molecular formula is C14H13F2N3O3S. The zero-order valence-corrected chi connectivity index (χ0v) is 12.5. The van der Waals surface area contributed by atoms with Crippen LogP contribution in [0.4, 0.5) is 20.2 Å². The molecule has 0 bridgehead atoms. The summed E-state index contributed by atoms with van der Waals surface area (Å²) < 4.78 is 48.3. The number of carbonyl (C=O) groups excluding carboxylic acids is 1. The average molecular weight is 341 g/mol. The van der Waals surface area contributed by atoms with Gasteiger partial charge in [-0.05, 0) is 36.4 Å². The maximum absolute atomic E-state index is 13.4. The standard InChI is InChI=1S/C14H13F2N3O3S/c15-9-1-6-13(12(16)7-9)18-8-14(20)19-10-2-4-11(5-3-10)23(17,21)22/h1-7,18H,8H2,(H,19,20)(H2,17,21,22). The van der Waals surface area contributed by atoms with E-state index >= 15 is 0 Å². The van der Waals surface area contributed by atoms with E-state index in [0.717, 1.165) is 6.07 Å². The van der Waals surface area contributed by atoms with Crippen LogP contribution in [0, 0.1) is 11.6 Å². The van der Waals surface area contributed by atoms with Crippen LogP contribution in [0.1, 0.15) is 0 Å². The van der Waals surface area contributed by atoms with Gasteiger partial charge in [-0.1, -0.05) is 0 Å². The molecule has 0 aliphatic rings. The summed E-state index contributed by atoms with van der Waals surface area (Å²) in [4.78, 5) is 11.7. The van der Waals surface area contributed by atoms with Crippen LogP contribution in [0.25, 0.3) is 0 Å². The number of carbonyl (C=O) groups is 1. The van der Waals surface area contributed by atoms with E-state index in [9.17, 15) is 22.0 Å². The van der Waals surface area contributed by atoms with Crippen molar-refractivity contribution in [2.24, 2.45) is 5.14 Å². The number of rotatable bonds is 5. The maximum atomic E-state index is 13.4. The van der Waals surface area contributed by atoms with Gasteiger partial charge in [0.25, 0.3) is 0 Å². The van der Waals surface area contributed by atoms with E-state index in [1.165, 1.54) is 30.3 Å². The predicted molar refractivity (Wildman–Crippen MR) is 81.3 cm³/mol. The summed E-state index contributed by atoms with van der Waals surface area (Å²) in [6.45, 7) is -0.251. The molecule has 2 aromatic rings. The first-order valence-corrected chi connectivity index (χ1v) is 7.92. The largest absolute Gasteiger partial charge is 0.374 e. The van der Waals surface area contributed by atoms with E-state index in [1.807, 2.05) is 0 Å². The zero-order chi connectivity index (χ0) is 17.0. The molecule has 0 heterocycles. The molecule has 122 valence electrons. The van der Waals surface area contributed by atoms with E-state index in [-0.39, 0.29) is 17.1 Å². The molecule has 0 atom stereocenters. The minimum absolute atomic E-state index is 0.00822. The van der Waals surface area contributed by atoms with Crippen LogP contribution < -0.4 is 15.8 Å². The molecular weight excluding hydrogens is 328 g/mol. The molecule has 9 heteroatoms. The molecule has 0 aliphatic heterocycles. The van der Waals surface area contributed by atoms with Crippen molar-refractivity contribution in [3.8, 4) is 0 Å². The molecule has 0 spiro atoms. The van der Waals surface area contributed by atoms with Crippen LogP contribution in [0.5, 0.6) is 0 Å². The number of hydrogen-bond donors (Lipinski definition) is 3. The van der Waals surface area contributed by atoms with Crippen molar-refractivity contribution < 1.29 is 22.0 Å². The number of halogens is 2. The summed E-state index contributed by atoms with van der Waals surface area (Å²) in [5, 5.41) is 9.97. The Balaban J connectivity index is 1.94. The van der Waals surface area contributed by atoms with Gasteiger partial charge in [-0.2, -0.15) is 0 Å². The van der Waals surface area contributed by atoms with E-state index in [4.69, 9.17) is 5.14 Å². The quantitative estimate of drug-likeness (QED) is 0.770. The smallest absolute Gasteiger partial charge is 0.243 e. The van der Waals surface area contributed by atoms with Crippen LogP contribution in [-0.2, 0) is 14.8 Å². The number of anilines is 2. The fourth-order valence-corrected chi connectivity index (χ4v) is 2.26. The van der Waals surface area contributed by atoms with Gasteiger partial charge in [-0.25, -0.2) is 22.3 Å². The number of sulfonamides is 1. The first kappa shape index (κ1) is 16.8. The van der Waals surface area contributed by atoms with Gasteiger partial charge in [0.05, 0.1) is 17.1 Å². The Morgan fingerprint density at radius 1 is 1.09 bits per heavy atom. The van der Waals surface area contributed by atoms with Crippen molar-refractivity contribution in [2.75, 3.05) is 17.2 Å². The molecule has 0 aliphatic carbocycles. The third-order valence-electron chi connectivity index (χ3n) is 2.84. The third kappa shape index (κ3) is 4.73. The van der Waals surface area contributed by atoms with Crippen molar-refractivity contribution in [2.45, 2.75) is 4.90 Å². The molecule has 2 rings (SSSR count). The summed E-state index contributed by atoms with van der Waals surface area (Å²) in [5.41, 5.74) is 0.343. The topological polar surface area (TPSA) is 101 Å². The number of hydrogen-bond acceptors (Lipinski definition) is 4. The Morgan fingerprint density at radius 2 is 1.74 bits per heavy atom. The molecule has 1 amide bonds. The van der Waals surface area contributed by atoms with Crippen molar-refractivity contribution in [3.05, 3.63) is 54.1 Å². The first-order valence-electron chi connectivity index (χ1n) is 6.37. The van der Waals surface area contributed by atoms with Gasteiger partial charge >= 0.3 is 0 Å². The van der Waals surface area contributed by atoms with Gasteiger partial charge in [0.1, 0.15) is 11.6 Å². The number of nitrogens with one attached hydrogen (secondary N) is 2. The third-order valence-corrected chi connectivity index (χ3v) is 3.77. The lowest BCUT2D eigenvalue weighted by atomic mass is 10.3. The lowest BCUT2D eigenvalue weighted by molar-refractivity contribution is -0.114. The van der Waals surface area contributed by atoms with Crippen LogP contribution in [0.15, 0.2) is 47.4 Å². The average Bonchev–Trinajstić information content (AvgIpc) is 2.46. The summed E-state index contributed by atoms with van der Waals surface area (Å²) in [7, 11) is -3.80. The Morgan fingerprint density at radius 3 is 2.30 bits per heavy atom. The fraction of sp³-hybridized carbons (Fsp3) is 0.0714. The molecule has 6 nitrogen and oxygen atoms in total. The molecule has 4 N–H and O–H groups in total. The summed E-state index contributed by atoms with van der Waals surface area (Å²) in [5.74, 6) is -2.01. The van der Waals surface area contributed by atoms with E-state index < -0.39 is 27.6 Å². The van der Waals surface area contributed by atoms with Gasteiger partial charge in [0, 0.05) is 11.8 Å². The second kappa shape index (κ2) is 6.71. The van der Waals surface area contributed by atoms with Crippen molar-refractivity contribution in [1.29, 1.82) is 0 Å². The predicted octanol–water partition coefficient (Wildman–Crippen LogP) is 1.66. The van der Waals surface area contributed by atoms with Crippen LogP contribution >= 0.6 is 0 Å². The van der Waals surface area contributed by atoms with E-state index in [0.29, 0.717) is 11.8 Å². The molecule has 0 radical (unpaired) electrons. The Hall–Kier alpha value is -2.52. The normalized spacial score (nSPS) is 11.1. The Labute approximate surface area is 131 Å². The lowest BCUT2D eigenvalue weighted by Gasteiger charge is -2.09. The summed E-state index contributed by atoms with van der Waals surface area (Å²) in [6, 6.07) is 8.18. The number of benzene rings is 2. The molecule has 0 fully saturated rings. The minimum Gasteiger partial charge on any atom is -0.374 e. The Bertz CT molecular complexity index is 824. The van der Waals surface area contributed by atoms with Gasteiger partial charge in [0.15, 0.2) is 0 Å². The monoisotopic (exact) mass is 341 g/mol. The molecule has 0 unspecified atom stereocenters. The fourth-order valence-electron chi connectivity index (χ4n) is 1.74. The highest BCUT2D eigenvalue weighted by atomic mass is 32.2. The molecule has 0 aromatic heterocycles. The molecule has 2 aromatic carbocycles. The highest BCUT2D eigenvalue weighted by molar-refractivity contribution is 7.89. The van der Waals surface area contributed by atoms with Gasteiger partial charge in [-0.15, -0.1) is 0 Å². The number of amides is 1. The van der Waals surface area contributed by atoms with Crippen LogP contribution in [0.2, 0.25) is 0 Å². The second-order valence-corrected chi connectivity index (χ2v) is 6.16. The Kier molecular flexibility index (Phi) is 4.92. The SMILES string of the molecule is NS(=O)(=O)c1ccc(NC(=O)CNc2ccc(F)cc2F)cc1. The molecule has 23 heavy (non-hydrogen) atoms. The van der Waals surface area contributed by atoms with Crippen molar-refractivity contribution in [1.82, 2.24) is 0 Å². The highest BCUT2D eigenvalue weighted by Crippen LogP contribution is 2.15. The molecule has 0 saturated heterocycles. The van der Waals surface area contributed by atoms with Gasteiger partial charge in [0.2, 0.25) is 15.9 Å². The summed E-state index contributed by atoms with van der Waals surface area (Å²) in [6.07, 6.45) is 0. The maximum Gasteiger partial charge on any atom is 0.243 e. The first-order chi connectivity index (χ1) is 10.8. The van der Waals surface area contributed by atoms with Crippen LogP contribution in [0.3, 0.4) is 0 Å².